The molecular formula is C21H18ClN5O2. The van der Waals surface area contributed by atoms with E-state index in [4.69, 9.17) is 16.3 Å². The molecule has 7 nitrogen and oxygen atoms in total. The maximum atomic E-state index is 13.3. The minimum atomic E-state index is -0.390. The number of carbonyl (C=O) groups excluding carboxylic acids is 1. The average molecular weight is 408 g/mol. The Morgan fingerprint density at radius 2 is 1.97 bits per heavy atom. The fourth-order valence-corrected chi connectivity index (χ4v) is 4.37. The molecule has 1 N–H and O–H groups in total. The Labute approximate surface area is 172 Å². The molecule has 5 rings (SSSR count). The van der Waals surface area contributed by atoms with Crippen molar-refractivity contribution in [2.75, 3.05) is 12.4 Å². The Balaban J connectivity index is 1.56. The molecule has 0 radical (unpaired) electrons. The van der Waals surface area contributed by atoms with Crippen molar-refractivity contribution in [3.8, 4) is 5.75 Å². The van der Waals surface area contributed by atoms with Crippen LogP contribution in [0.1, 0.15) is 35.9 Å². The van der Waals surface area contributed by atoms with Crippen molar-refractivity contribution in [2.24, 2.45) is 0 Å². The van der Waals surface area contributed by atoms with Gasteiger partial charge in [-0.25, -0.2) is 0 Å². The molecule has 29 heavy (non-hydrogen) atoms. The largest absolute Gasteiger partial charge is 0.497 e. The third kappa shape index (κ3) is 3.07. The number of nitrogens with zero attached hydrogens (tertiary/aromatic N) is 4. The molecule has 3 aromatic rings. The van der Waals surface area contributed by atoms with Crippen LogP contribution in [0.25, 0.3) is 0 Å². The highest BCUT2D eigenvalue weighted by Gasteiger charge is 2.39. The Kier molecular flexibility index (Phi) is 4.32. The van der Waals surface area contributed by atoms with Crippen molar-refractivity contribution >= 4 is 23.3 Å². The number of halogens is 1. The monoisotopic (exact) mass is 407 g/mol. The number of ketones is 1. The maximum absolute atomic E-state index is 13.3. The molecule has 2 atom stereocenters. The van der Waals surface area contributed by atoms with E-state index < -0.39 is 0 Å². The third-order valence-corrected chi connectivity index (χ3v) is 5.77. The lowest BCUT2D eigenvalue weighted by Crippen LogP contribution is -2.33. The standard InChI is InChI=1S/C21H18ClN5O2/c1-29-16-7-5-12(6-8-16)14-10-17-19(18(28)11-14)20(13-3-2-4-15(22)9-13)27-21(23-17)24-25-26-27/h2-9,14,20H,10-11H2,1H3,(H,23,24,26)/t14-,20-/m1/s1. The van der Waals surface area contributed by atoms with Crippen LogP contribution in [0.5, 0.6) is 5.75 Å². The van der Waals surface area contributed by atoms with Crippen LogP contribution < -0.4 is 10.1 Å². The first kappa shape index (κ1) is 17.9. The number of tetrazole rings is 1. The van der Waals surface area contributed by atoms with Gasteiger partial charge in [-0.15, -0.1) is 0 Å². The highest BCUT2D eigenvalue weighted by atomic mass is 35.5. The fourth-order valence-electron chi connectivity index (χ4n) is 4.17. The number of ether oxygens (including phenoxy) is 1. The van der Waals surface area contributed by atoms with Crippen molar-refractivity contribution in [1.82, 2.24) is 20.2 Å². The van der Waals surface area contributed by atoms with Gasteiger partial charge < -0.3 is 10.1 Å². The highest BCUT2D eigenvalue weighted by Crippen LogP contribution is 2.44. The van der Waals surface area contributed by atoms with Gasteiger partial charge in [0.15, 0.2) is 5.78 Å². The summed E-state index contributed by atoms with van der Waals surface area (Å²) in [7, 11) is 1.64. The number of benzene rings is 2. The van der Waals surface area contributed by atoms with E-state index in [2.05, 4.69) is 20.8 Å². The van der Waals surface area contributed by atoms with E-state index in [0.29, 0.717) is 29.4 Å². The normalized spacial score (nSPS) is 20.7. The van der Waals surface area contributed by atoms with E-state index in [1.165, 1.54) is 0 Å². The van der Waals surface area contributed by atoms with Crippen LogP contribution in [0.2, 0.25) is 5.02 Å². The lowest BCUT2D eigenvalue weighted by molar-refractivity contribution is -0.116. The number of Topliss-reactive ketones (excluding diaryl/α,β-unsaturated/α-hetero) is 1. The van der Waals surface area contributed by atoms with Gasteiger partial charge in [-0.05, 0) is 58.2 Å². The first-order valence-electron chi connectivity index (χ1n) is 9.34. The molecule has 2 aromatic carbocycles. The zero-order valence-corrected chi connectivity index (χ0v) is 16.4. The third-order valence-electron chi connectivity index (χ3n) is 5.53. The highest BCUT2D eigenvalue weighted by molar-refractivity contribution is 6.30. The number of carbonyl (C=O) groups is 1. The second-order valence-electron chi connectivity index (χ2n) is 7.22. The van der Waals surface area contributed by atoms with Gasteiger partial charge in [0.2, 0.25) is 5.95 Å². The number of hydrogen-bond acceptors (Lipinski definition) is 6. The minimum Gasteiger partial charge on any atom is -0.497 e. The smallest absolute Gasteiger partial charge is 0.248 e. The molecule has 0 fully saturated rings. The maximum Gasteiger partial charge on any atom is 0.248 e. The molecule has 2 heterocycles. The first-order chi connectivity index (χ1) is 14.1. The second kappa shape index (κ2) is 7.00. The predicted octanol–water partition coefficient (Wildman–Crippen LogP) is 3.75. The SMILES string of the molecule is COc1ccc([C@H]2CC(=O)C3=C(C2)Nc2nnnn2[C@@H]3c2cccc(Cl)c2)cc1. The van der Waals surface area contributed by atoms with Crippen LogP contribution in [0.15, 0.2) is 59.8 Å². The molecule has 0 saturated carbocycles. The number of anilines is 1. The molecule has 0 spiro atoms. The van der Waals surface area contributed by atoms with Crippen LogP contribution in [0.3, 0.4) is 0 Å². The summed E-state index contributed by atoms with van der Waals surface area (Å²) in [4.78, 5) is 13.3. The Morgan fingerprint density at radius 3 is 2.72 bits per heavy atom. The fraction of sp³-hybridized carbons (Fsp3) is 0.238. The summed E-state index contributed by atoms with van der Waals surface area (Å²) in [6.07, 6.45) is 1.14. The van der Waals surface area contributed by atoms with Gasteiger partial charge >= 0.3 is 0 Å². The number of methoxy groups -OCH3 is 1. The topological polar surface area (TPSA) is 81.9 Å². The van der Waals surface area contributed by atoms with Crippen molar-refractivity contribution in [2.45, 2.75) is 24.8 Å². The van der Waals surface area contributed by atoms with E-state index in [9.17, 15) is 4.79 Å². The molecular weight excluding hydrogens is 390 g/mol. The van der Waals surface area contributed by atoms with Gasteiger partial charge in [-0.2, -0.15) is 4.68 Å². The molecule has 8 heteroatoms. The summed E-state index contributed by atoms with van der Waals surface area (Å²) in [6, 6.07) is 15.0. The zero-order valence-electron chi connectivity index (χ0n) is 15.7. The van der Waals surface area contributed by atoms with Gasteiger partial charge in [0.05, 0.1) is 7.11 Å². The van der Waals surface area contributed by atoms with Crippen molar-refractivity contribution in [3.05, 3.63) is 76.0 Å². The van der Waals surface area contributed by atoms with Crippen molar-refractivity contribution in [1.29, 1.82) is 0 Å². The predicted molar refractivity (Wildman–Crippen MR) is 108 cm³/mol. The quantitative estimate of drug-likeness (QED) is 0.712. The molecule has 1 aliphatic carbocycles. The summed E-state index contributed by atoms with van der Waals surface area (Å²) in [5.41, 5.74) is 3.57. The van der Waals surface area contributed by atoms with Gasteiger partial charge in [0, 0.05) is 22.7 Å². The van der Waals surface area contributed by atoms with Gasteiger partial charge in [-0.1, -0.05) is 41.0 Å². The Bertz CT molecular complexity index is 1120. The zero-order chi connectivity index (χ0) is 20.0. The lowest BCUT2D eigenvalue weighted by Gasteiger charge is -2.34. The number of nitrogens with one attached hydrogen (secondary N) is 1. The molecule has 1 aliphatic heterocycles. The summed E-state index contributed by atoms with van der Waals surface area (Å²) < 4.78 is 6.89. The van der Waals surface area contributed by atoms with E-state index in [-0.39, 0.29) is 17.7 Å². The van der Waals surface area contributed by atoms with Crippen LogP contribution >= 0.6 is 11.6 Å². The van der Waals surface area contributed by atoms with Crippen LogP contribution in [-0.4, -0.2) is 33.1 Å². The number of hydrogen-bond donors (Lipinski definition) is 1. The summed E-state index contributed by atoms with van der Waals surface area (Å²) in [5.74, 6) is 1.50. The van der Waals surface area contributed by atoms with E-state index in [1.54, 1.807) is 11.8 Å². The lowest BCUT2D eigenvalue weighted by atomic mass is 9.78. The Hall–Kier alpha value is -3.19. The summed E-state index contributed by atoms with van der Waals surface area (Å²) in [5, 5.41) is 15.9. The molecule has 0 saturated heterocycles. The van der Waals surface area contributed by atoms with Crippen LogP contribution in [0, 0.1) is 0 Å². The molecule has 2 aliphatic rings. The summed E-state index contributed by atoms with van der Waals surface area (Å²) in [6.45, 7) is 0. The second-order valence-corrected chi connectivity index (χ2v) is 7.66. The molecule has 0 amide bonds. The number of rotatable bonds is 3. The van der Waals surface area contributed by atoms with Crippen LogP contribution in [0.4, 0.5) is 5.95 Å². The van der Waals surface area contributed by atoms with E-state index >= 15 is 0 Å². The van der Waals surface area contributed by atoms with Gasteiger partial charge in [0.25, 0.3) is 0 Å². The molecule has 1 aromatic heterocycles. The minimum absolute atomic E-state index is 0.0853. The Morgan fingerprint density at radius 1 is 1.14 bits per heavy atom. The van der Waals surface area contributed by atoms with Crippen LogP contribution in [-0.2, 0) is 4.79 Å². The van der Waals surface area contributed by atoms with E-state index in [0.717, 1.165) is 22.6 Å². The molecule has 0 unspecified atom stereocenters. The summed E-state index contributed by atoms with van der Waals surface area (Å²) >= 11 is 6.22. The number of fused-ring (bicyclic) bond motifs is 1. The van der Waals surface area contributed by atoms with Gasteiger partial charge in [-0.3, -0.25) is 4.79 Å². The number of aromatic nitrogens is 4. The van der Waals surface area contributed by atoms with Crippen molar-refractivity contribution in [3.63, 3.8) is 0 Å². The first-order valence-corrected chi connectivity index (χ1v) is 9.72. The average Bonchev–Trinajstić information content (AvgIpc) is 3.20. The van der Waals surface area contributed by atoms with E-state index in [1.807, 2.05) is 48.5 Å². The molecule has 146 valence electrons. The van der Waals surface area contributed by atoms with Gasteiger partial charge in [0.1, 0.15) is 11.8 Å². The number of allylic oxidation sites excluding steroid dienone is 2. The van der Waals surface area contributed by atoms with Crippen molar-refractivity contribution < 1.29 is 9.53 Å². The molecule has 0 bridgehead atoms.